The Labute approximate surface area is 203 Å². The molecule has 3 fully saturated rings. The van der Waals surface area contributed by atoms with Crippen LogP contribution in [0.2, 0.25) is 0 Å². The van der Waals surface area contributed by atoms with Crippen molar-refractivity contribution in [3.63, 3.8) is 0 Å². The normalized spacial score (nSPS) is 38.8. The predicted molar refractivity (Wildman–Crippen MR) is 132 cm³/mol. The molecule has 4 aliphatic carbocycles. The van der Waals surface area contributed by atoms with E-state index in [2.05, 4.69) is 33.1 Å². The molecule has 7 atom stereocenters. The molecule has 0 spiro atoms. The zero-order valence-corrected chi connectivity index (χ0v) is 20.6. The van der Waals surface area contributed by atoms with E-state index in [0.29, 0.717) is 17.4 Å². The van der Waals surface area contributed by atoms with Gasteiger partial charge in [0, 0.05) is 18.8 Å². The van der Waals surface area contributed by atoms with Crippen molar-refractivity contribution in [2.75, 3.05) is 0 Å². The van der Waals surface area contributed by atoms with Crippen molar-refractivity contribution in [1.82, 2.24) is 0 Å². The fourth-order valence-corrected chi connectivity index (χ4v) is 7.85. The maximum atomic E-state index is 12.6. The van der Waals surface area contributed by atoms with E-state index in [9.17, 15) is 9.59 Å². The third-order valence-electron chi connectivity index (χ3n) is 9.54. The number of hydrogen-bond donors (Lipinski definition) is 0. The zero-order chi connectivity index (χ0) is 24.3. The molecule has 0 bridgehead atoms. The minimum Gasteiger partial charge on any atom is -0.458 e. The predicted octanol–water partition coefficient (Wildman–Crippen LogP) is 6.44. The molecule has 0 heterocycles. The SMILES string of the molecule is C=C1C(=C)[C@H]2[C@@H]3CC=C4CC(OC(=O)c5ccccc5)CC[C@]4(C)[C@@H]3CC[C@]2(C)C1OC(C)=O. The second kappa shape index (κ2) is 8.25. The number of carbonyl (C=O) groups is 2. The third-order valence-corrected chi connectivity index (χ3v) is 9.54. The Morgan fingerprint density at radius 3 is 2.44 bits per heavy atom. The lowest BCUT2D eigenvalue weighted by molar-refractivity contribution is -0.154. The molecule has 0 amide bonds. The fourth-order valence-electron chi connectivity index (χ4n) is 7.85. The van der Waals surface area contributed by atoms with Crippen molar-refractivity contribution in [2.24, 2.45) is 28.6 Å². The minimum atomic E-state index is -0.269. The maximum Gasteiger partial charge on any atom is 0.338 e. The molecule has 5 rings (SSSR count). The van der Waals surface area contributed by atoms with Crippen molar-refractivity contribution in [1.29, 1.82) is 0 Å². The number of carbonyl (C=O) groups excluding carboxylic acids is 2. The van der Waals surface area contributed by atoms with Gasteiger partial charge >= 0.3 is 11.9 Å². The summed E-state index contributed by atoms with van der Waals surface area (Å²) in [7, 11) is 0. The monoisotopic (exact) mass is 460 g/mol. The van der Waals surface area contributed by atoms with Crippen LogP contribution in [0, 0.1) is 28.6 Å². The van der Waals surface area contributed by atoms with Gasteiger partial charge in [0.05, 0.1) is 5.56 Å². The van der Waals surface area contributed by atoms with Crippen LogP contribution in [-0.4, -0.2) is 24.1 Å². The summed E-state index contributed by atoms with van der Waals surface area (Å²) in [6.45, 7) is 14.9. The summed E-state index contributed by atoms with van der Waals surface area (Å²) in [5.41, 5.74) is 4.02. The van der Waals surface area contributed by atoms with Gasteiger partial charge in [-0.1, -0.05) is 56.9 Å². The Bertz CT molecular complexity index is 1070. The van der Waals surface area contributed by atoms with E-state index in [1.54, 1.807) is 0 Å². The minimum absolute atomic E-state index is 0.0630. The first-order valence-electron chi connectivity index (χ1n) is 12.7. The van der Waals surface area contributed by atoms with Gasteiger partial charge in [0.15, 0.2) is 0 Å². The van der Waals surface area contributed by atoms with Gasteiger partial charge in [-0.2, -0.15) is 0 Å². The van der Waals surface area contributed by atoms with Crippen molar-refractivity contribution in [3.05, 3.63) is 71.8 Å². The van der Waals surface area contributed by atoms with Crippen LogP contribution >= 0.6 is 0 Å². The smallest absolute Gasteiger partial charge is 0.338 e. The van der Waals surface area contributed by atoms with E-state index in [1.807, 2.05) is 30.3 Å². The molecule has 4 nitrogen and oxygen atoms in total. The molecular formula is C30H36O4. The summed E-state index contributed by atoms with van der Waals surface area (Å²) in [5.74, 6) is 0.836. The first-order chi connectivity index (χ1) is 16.1. The van der Waals surface area contributed by atoms with Crippen molar-refractivity contribution in [3.8, 4) is 0 Å². The lowest BCUT2D eigenvalue weighted by Crippen LogP contribution is -2.52. The Morgan fingerprint density at radius 2 is 1.74 bits per heavy atom. The van der Waals surface area contributed by atoms with Crippen LogP contribution in [0.1, 0.15) is 69.7 Å². The van der Waals surface area contributed by atoms with Crippen molar-refractivity contribution in [2.45, 2.75) is 71.5 Å². The topological polar surface area (TPSA) is 52.6 Å². The van der Waals surface area contributed by atoms with Gasteiger partial charge in [0.25, 0.3) is 0 Å². The number of benzene rings is 1. The van der Waals surface area contributed by atoms with E-state index >= 15 is 0 Å². The molecule has 0 saturated heterocycles. The molecule has 34 heavy (non-hydrogen) atoms. The van der Waals surface area contributed by atoms with Gasteiger partial charge in [-0.15, -0.1) is 0 Å². The van der Waals surface area contributed by atoms with Crippen LogP contribution in [0.25, 0.3) is 0 Å². The second-order valence-corrected chi connectivity index (χ2v) is 11.4. The maximum absolute atomic E-state index is 12.6. The van der Waals surface area contributed by atoms with Gasteiger partial charge < -0.3 is 9.47 Å². The molecule has 4 heteroatoms. The highest BCUT2D eigenvalue weighted by Crippen LogP contribution is 2.67. The highest BCUT2D eigenvalue weighted by atomic mass is 16.5. The van der Waals surface area contributed by atoms with Crippen LogP contribution < -0.4 is 0 Å². The van der Waals surface area contributed by atoms with Gasteiger partial charge in [-0.25, -0.2) is 4.79 Å². The van der Waals surface area contributed by atoms with E-state index in [0.717, 1.165) is 49.7 Å². The van der Waals surface area contributed by atoms with Gasteiger partial charge in [0.1, 0.15) is 12.2 Å². The van der Waals surface area contributed by atoms with Gasteiger partial charge in [0.2, 0.25) is 0 Å². The van der Waals surface area contributed by atoms with Crippen molar-refractivity contribution < 1.29 is 19.1 Å². The molecule has 0 N–H and O–H groups in total. The first kappa shape index (κ1) is 23.1. The number of fused-ring (bicyclic) bond motifs is 5. The van der Waals surface area contributed by atoms with Crippen LogP contribution in [0.4, 0.5) is 0 Å². The molecule has 180 valence electrons. The van der Waals surface area contributed by atoms with Crippen LogP contribution in [0.3, 0.4) is 0 Å². The van der Waals surface area contributed by atoms with Gasteiger partial charge in [-0.3, -0.25) is 4.79 Å². The standard InChI is InChI=1S/C30H36O4/c1-18-19(2)27(33-20(3)31)30(5)16-14-25-24(26(18)30)12-11-22-17-23(13-15-29(22,25)4)34-28(32)21-9-7-6-8-10-21/h6-11,23-27H,1-2,12-17H2,3-5H3/t23?,24-,25-,26+,27?,29+,30+/m1/s1. The zero-order valence-electron chi connectivity index (χ0n) is 20.6. The van der Waals surface area contributed by atoms with Crippen LogP contribution in [0.15, 0.2) is 66.3 Å². The quantitative estimate of drug-likeness (QED) is 0.385. The summed E-state index contributed by atoms with van der Waals surface area (Å²) in [6.07, 6.45) is 7.94. The van der Waals surface area contributed by atoms with Crippen LogP contribution in [0.5, 0.6) is 0 Å². The molecule has 1 aromatic rings. The largest absolute Gasteiger partial charge is 0.458 e. The summed E-state index contributed by atoms with van der Waals surface area (Å²) in [6, 6.07) is 9.26. The molecule has 0 radical (unpaired) electrons. The van der Waals surface area contributed by atoms with E-state index in [1.165, 1.54) is 12.5 Å². The Hall–Kier alpha value is -2.62. The molecular weight excluding hydrogens is 424 g/mol. The van der Waals surface area contributed by atoms with E-state index in [-0.39, 0.29) is 40.9 Å². The summed E-state index contributed by atoms with van der Waals surface area (Å²) >= 11 is 0. The summed E-state index contributed by atoms with van der Waals surface area (Å²) in [4.78, 5) is 24.5. The van der Waals surface area contributed by atoms with E-state index in [4.69, 9.17) is 9.47 Å². The third kappa shape index (κ3) is 3.49. The number of hydrogen-bond acceptors (Lipinski definition) is 4. The highest BCUT2D eigenvalue weighted by Gasteiger charge is 2.62. The molecule has 0 aliphatic heterocycles. The molecule has 2 unspecified atom stereocenters. The molecule has 1 aromatic carbocycles. The lowest BCUT2D eigenvalue weighted by atomic mass is 9.47. The molecule has 4 aliphatic rings. The average molecular weight is 461 g/mol. The number of rotatable bonds is 3. The molecule has 0 aromatic heterocycles. The summed E-state index contributed by atoms with van der Waals surface area (Å²) < 4.78 is 11.7. The Balaban J connectivity index is 1.36. The number of esters is 2. The van der Waals surface area contributed by atoms with Crippen molar-refractivity contribution >= 4 is 11.9 Å². The van der Waals surface area contributed by atoms with Gasteiger partial charge in [-0.05, 0) is 78.6 Å². The second-order valence-electron chi connectivity index (χ2n) is 11.4. The lowest BCUT2D eigenvalue weighted by Gasteiger charge is -2.57. The Kier molecular flexibility index (Phi) is 5.61. The molecule has 3 saturated carbocycles. The first-order valence-corrected chi connectivity index (χ1v) is 12.7. The number of allylic oxidation sites excluding steroid dienone is 1. The van der Waals surface area contributed by atoms with Crippen LogP contribution in [-0.2, 0) is 14.3 Å². The number of ether oxygens (including phenoxy) is 2. The highest BCUT2D eigenvalue weighted by molar-refractivity contribution is 5.89. The summed E-state index contributed by atoms with van der Waals surface area (Å²) in [5, 5.41) is 0. The Morgan fingerprint density at radius 1 is 1.00 bits per heavy atom. The average Bonchev–Trinajstić information content (AvgIpc) is 3.00. The fraction of sp³-hybridized carbons (Fsp3) is 0.533. The van der Waals surface area contributed by atoms with E-state index < -0.39 is 0 Å².